The van der Waals surface area contributed by atoms with E-state index in [1.807, 2.05) is 18.7 Å². The zero-order chi connectivity index (χ0) is 14.5. The normalized spacial score (nSPS) is 14.6. The predicted octanol–water partition coefficient (Wildman–Crippen LogP) is 1.18. The maximum Gasteiger partial charge on any atom is 0.232 e. The number of nitrogens with zero attached hydrogens (tertiary/aromatic N) is 6. The van der Waals surface area contributed by atoms with Gasteiger partial charge in [0.2, 0.25) is 17.8 Å². The SMILES string of the molecule is CC(C)N(CCC#N)c1nc(N)nc(N2CCCC2)n1. The molecule has 0 atom stereocenters. The molecule has 7 nitrogen and oxygen atoms in total. The van der Waals surface area contributed by atoms with Gasteiger partial charge in [-0.25, -0.2) is 0 Å². The number of aromatic nitrogens is 3. The van der Waals surface area contributed by atoms with Gasteiger partial charge >= 0.3 is 0 Å². The van der Waals surface area contributed by atoms with Crippen LogP contribution in [0.2, 0.25) is 0 Å². The van der Waals surface area contributed by atoms with Crippen LogP contribution in [0.5, 0.6) is 0 Å². The second-order valence-electron chi connectivity index (χ2n) is 5.18. The van der Waals surface area contributed by atoms with Gasteiger partial charge in [-0.05, 0) is 26.7 Å². The molecule has 1 aliphatic heterocycles. The summed E-state index contributed by atoms with van der Waals surface area (Å²) < 4.78 is 0. The molecule has 0 radical (unpaired) electrons. The first kappa shape index (κ1) is 14.3. The molecule has 0 amide bonds. The lowest BCUT2D eigenvalue weighted by molar-refractivity contribution is 0.662. The van der Waals surface area contributed by atoms with E-state index < -0.39 is 0 Å². The van der Waals surface area contributed by atoms with Crippen molar-refractivity contribution < 1.29 is 0 Å². The molecule has 0 aromatic carbocycles. The molecule has 0 bridgehead atoms. The molecule has 1 aromatic rings. The molecule has 0 saturated carbocycles. The largest absolute Gasteiger partial charge is 0.368 e. The summed E-state index contributed by atoms with van der Waals surface area (Å²) >= 11 is 0. The molecule has 1 fully saturated rings. The third-order valence-electron chi connectivity index (χ3n) is 3.36. The molecule has 2 heterocycles. The van der Waals surface area contributed by atoms with E-state index in [1.54, 1.807) is 0 Å². The lowest BCUT2D eigenvalue weighted by Crippen LogP contribution is -2.34. The van der Waals surface area contributed by atoms with Gasteiger partial charge in [-0.15, -0.1) is 0 Å². The number of anilines is 3. The molecule has 108 valence electrons. The van der Waals surface area contributed by atoms with Crippen LogP contribution in [0.4, 0.5) is 17.8 Å². The summed E-state index contributed by atoms with van der Waals surface area (Å²) in [6.45, 7) is 6.61. The van der Waals surface area contributed by atoms with Crippen LogP contribution in [0.25, 0.3) is 0 Å². The van der Waals surface area contributed by atoms with E-state index in [-0.39, 0.29) is 12.0 Å². The first-order chi connectivity index (χ1) is 9.61. The van der Waals surface area contributed by atoms with Gasteiger partial charge in [0, 0.05) is 25.7 Å². The molecule has 2 rings (SSSR count). The van der Waals surface area contributed by atoms with Crippen LogP contribution in [-0.4, -0.2) is 40.6 Å². The Bertz CT molecular complexity index is 488. The highest BCUT2D eigenvalue weighted by molar-refractivity contribution is 5.44. The Morgan fingerprint density at radius 1 is 1.30 bits per heavy atom. The molecular formula is C13H21N7. The van der Waals surface area contributed by atoms with Crippen molar-refractivity contribution >= 4 is 17.8 Å². The minimum absolute atomic E-state index is 0.205. The van der Waals surface area contributed by atoms with Crippen LogP contribution in [0.3, 0.4) is 0 Å². The van der Waals surface area contributed by atoms with Crippen molar-refractivity contribution in [1.29, 1.82) is 5.26 Å². The van der Waals surface area contributed by atoms with Crippen LogP contribution >= 0.6 is 0 Å². The fourth-order valence-electron chi connectivity index (χ4n) is 2.32. The number of rotatable bonds is 5. The van der Waals surface area contributed by atoms with Crippen LogP contribution in [0.1, 0.15) is 33.1 Å². The van der Waals surface area contributed by atoms with Crippen LogP contribution in [0, 0.1) is 11.3 Å². The van der Waals surface area contributed by atoms with Crippen LogP contribution in [0.15, 0.2) is 0 Å². The van der Waals surface area contributed by atoms with Gasteiger partial charge in [0.05, 0.1) is 12.5 Å². The highest BCUT2D eigenvalue weighted by atomic mass is 15.4. The van der Waals surface area contributed by atoms with Gasteiger partial charge < -0.3 is 15.5 Å². The van der Waals surface area contributed by atoms with E-state index in [1.165, 1.54) is 0 Å². The van der Waals surface area contributed by atoms with E-state index in [4.69, 9.17) is 11.0 Å². The van der Waals surface area contributed by atoms with E-state index in [0.29, 0.717) is 24.9 Å². The Kier molecular flexibility index (Phi) is 4.56. The molecule has 2 N–H and O–H groups in total. The number of hydrogen-bond donors (Lipinski definition) is 1. The maximum atomic E-state index is 8.76. The Balaban J connectivity index is 2.27. The summed E-state index contributed by atoms with van der Waals surface area (Å²) in [5.74, 6) is 1.44. The third-order valence-corrected chi connectivity index (χ3v) is 3.36. The van der Waals surface area contributed by atoms with Crippen molar-refractivity contribution in [2.24, 2.45) is 0 Å². The molecule has 0 unspecified atom stereocenters. The summed E-state index contributed by atoms with van der Waals surface area (Å²) in [4.78, 5) is 17.1. The number of nitrogens with two attached hydrogens (primary N) is 1. The molecule has 1 aromatic heterocycles. The monoisotopic (exact) mass is 275 g/mol. The standard InChI is InChI=1S/C13H21N7/c1-10(2)20(9-5-6-14)13-17-11(15)16-12(18-13)19-7-3-4-8-19/h10H,3-5,7-9H2,1-2H3,(H2,15,16,17,18). The first-order valence-electron chi connectivity index (χ1n) is 7.02. The quantitative estimate of drug-likeness (QED) is 0.862. The highest BCUT2D eigenvalue weighted by Gasteiger charge is 2.20. The zero-order valence-electron chi connectivity index (χ0n) is 12.1. The Labute approximate surface area is 119 Å². The van der Waals surface area contributed by atoms with Crippen molar-refractivity contribution in [2.45, 2.75) is 39.2 Å². The summed E-state index contributed by atoms with van der Waals surface area (Å²) in [5.41, 5.74) is 5.81. The number of hydrogen-bond acceptors (Lipinski definition) is 7. The van der Waals surface area contributed by atoms with Crippen LogP contribution < -0.4 is 15.5 Å². The van der Waals surface area contributed by atoms with Crippen molar-refractivity contribution in [2.75, 3.05) is 35.2 Å². The zero-order valence-corrected chi connectivity index (χ0v) is 12.1. The van der Waals surface area contributed by atoms with Gasteiger partial charge in [-0.1, -0.05) is 0 Å². The van der Waals surface area contributed by atoms with Gasteiger partial charge in [0.1, 0.15) is 0 Å². The van der Waals surface area contributed by atoms with Gasteiger partial charge in [-0.2, -0.15) is 20.2 Å². The summed E-state index contributed by atoms with van der Waals surface area (Å²) in [5, 5.41) is 8.76. The van der Waals surface area contributed by atoms with E-state index in [2.05, 4.69) is 25.9 Å². The van der Waals surface area contributed by atoms with Crippen LogP contribution in [-0.2, 0) is 0 Å². The second kappa shape index (κ2) is 6.37. The van der Waals surface area contributed by atoms with E-state index >= 15 is 0 Å². The Morgan fingerprint density at radius 2 is 2.00 bits per heavy atom. The van der Waals surface area contributed by atoms with Gasteiger partial charge in [0.15, 0.2) is 0 Å². The summed E-state index contributed by atoms with van der Waals surface area (Å²) in [6.07, 6.45) is 2.75. The van der Waals surface area contributed by atoms with Crippen molar-refractivity contribution in [3.63, 3.8) is 0 Å². The van der Waals surface area contributed by atoms with Crippen molar-refractivity contribution in [1.82, 2.24) is 15.0 Å². The predicted molar refractivity (Wildman–Crippen MR) is 78.4 cm³/mol. The summed E-state index contributed by atoms with van der Waals surface area (Å²) in [6, 6.07) is 2.36. The maximum absolute atomic E-state index is 8.76. The Morgan fingerprint density at radius 3 is 2.60 bits per heavy atom. The van der Waals surface area contributed by atoms with Gasteiger partial charge in [-0.3, -0.25) is 0 Å². The van der Waals surface area contributed by atoms with E-state index in [0.717, 1.165) is 25.9 Å². The fourth-order valence-corrected chi connectivity index (χ4v) is 2.32. The fraction of sp³-hybridized carbons (Fsp3) is 0.692. The smallest absolute Gasteiger partial charge is 0.232 e. The minimum Gasteiger partial charge on any atom is -0.368 e. The molecule has 0 spiro atoms. The highest BCUT2D eigenvalue weighted by Crippen LogP contribution is 2.20. The molecule has 7 heteroatoms. The molecule has 0 aliphatic carbocycles. The summed E-state index contributed by atoms with van der Waals surface area (Å²) in [7, 11) is 0. The topological polar surface area (TPSA) is 95.0 Å². The lowest BCUT2D eigenvalue weighted by Gasteiger charge is -2.26. The van der Waals surface area contributed by atoms with Gasteiger partial charge in [0.25, 0.3) is 0 Å². The lowest BCUT2D eigenvalue weighted by atomic mass is 10.3. The minimum atomic E-state index is 0.205. The average Bonchev–Trinajstić information content (AvgIpc) is 2.92. The molecule has 20 heavy (non-hydrogen) atoms. The number of nitriles is 1. The third kappa shape index (κ3) is 3.26. The molecule has 1 saturated heterocycles. The molecule has 1 aliphatic rings. The average molecular weight is 275 g/mol. The van der Waals surface area contributed by atoms with Crippen molar-refractivity contribution in [3.8, 4) is 6.07 Å². The number of nitrogen functional groups attached to an aromatic ring is 1. The van der Waals surface area contributed by atoms with E-state index in [9.17, 15) is 0 Å². The Hall–Kier alpha value is -2.10. The van der Waals surface area contributed by atoms with Crippen molar-refractivity contribution in [3.05, 3.63) is 0 Å². The molecular weight excluding hydrogens is 254 g/mol. The first-order valence-corrected chi connectivity index (χ1v) is 7.02. The second-order valence-corrected chi connectivity index (χ2v) is 5.18.